The van der Waals surface area contributed by atoms with Crippen LogP contribution in [-0.4, -0.2) is 26.7 Å². The summed E-state index contributed by atoms with van der Waals surface area (Å²) in [6.07, 6.45) is 5.17. The maximum absolute atomic E-state index is 13.1. The predicted molar refractivity (Wildman–Crippen MR) is 101 cm³/mol. The van der Waals surface area contributed by atoms with Crippen LogP contribution in [0.5, 0.6) is 0 Å². The second kappa shape index (κ2) is 7.90. The van der Waals surface area contributed by atoms with Gasteiger partial charge >= 0.3 is 6.03 Å². The Balaban J connectivity index is 2.03. The summed E-state index contributed by atoms with van der Waals surface area (Å²) in [7, 11) is 0. The number of nitrogens with two attached hydrogens (primary N) is 1. The summed E-state index contributed by atoms with van der Waals surface area (Å²) in [6.45, 7) is 1.66. The molecule has 0 bridgehead atoms. The number of benzene rings is 1. The van der Waals surface area contributed by atoms with Crippen LogP contribution in [0.15, 0.2) is 34.2 Å². The third kappa shape index (κ3) is 3.90. The molecule has 1 aliphatic carbocycles. The van der Waals surface area contributed by atoms with Crippen molar-refractivity contribution in [1.29, 1.82) is 0 Å². The topological polar surface area (TPSA) is 107 Å². The standard InChI is InChI=1S/C18H22N4O3S/c1-11(15(23)21-17(19)25)26-18-20-14-10-6-5-9-13(14)16(24)22(18)12-7-3-2-4-8-12/h5-6,9-12H,2-4,7-8H2,1H3,(H3,19,21,23,25)/t11-/m1/s1. The number of imide groups is 1. The third-order valence-corrected chi connectivity index (χ3v) is 5.68. The van der Waals surface area contributed by atoms with E-state index in [1.54, 1.807) is 23.6 Å². The summed E-state index contributed by atoms with van der Waals surface area (Å²) in [5.41, 5.74) is 5.55. The number of urea groups is 1. The summed E-state index contributed by atoms with van der Waals surface area (Å²) >= 11 is 1.17. The highest BCUT2D eigenvalue weighted by Crippen LogP contribution is 2.32. The van der Waals surface area contributed by atoms with Crippen molar-refractivity contribution in [3.8, 4) is 0 Å². The molecule has 0 spiro atoms. The lowest BCUT2D eigenvalue weighted by Crippen LogP contribution is -2.39. The van der Waals surface area contributed by atoms with Crippen LogP contribution in [-0.2, 0) is 4.79 Å². The first kappa shape index (κ1) is 18.4. The van der Waals surface area contributed by atoms with E-state index in [4.69, 9.17) is 5.73 Å². The van der Waals surface area contributed by atoms with Crippen molar-refractivity contribution in [3.63, 3.8) is 0 Å². The van der Waals surface area contributed by atoms with Crippen molar-refractivity contribution in [2.45, 2.75) is 55.5 Å². The van der Waals surface area contributed by atoms with Gasteiger partial charge in [0.25, 0.3) is 5.56 Å². The number of carbonyl (C=O) groups excluding carboxylic acids is 2. The maximum Gasteiger partial charge on any atom is 0.318 e. The first-order valence-electron chi connectivity index (χ1n) is 8.75. The number of nitrogens with one attached hydrogen (secondary N) is 1. The zero-order valence-corrected chi connectivity index (χ0v) is 15.4. The minimum atomic E-state index is -0.890. The van der Waals surface area contributed by atoms with E-state index in [9.17, 15) is 14.4 Å². The number of para-hydroxylation sites is 1. The van der Waals surface area contributed by atoms with Gasteiger partial charge in [0.1, 0.15) is 0 Å². The molecule has 3 N–H and O–H groups in total. The quantitative estimate of drug-likeness (QED) is 0.632. The fourth-order valence-corrected chi connectivity index (χ4v) is 4.28. The van der Waals surface area contributed by atoms with Gasteiger partial charge in [0.05, 0.1) is 16.2 Å². The molecule has 0 aliphatic heterocycles. The van der Waals surface area contributed by atoms with E-state index >= 15 is 0 Å². The molecule has 7 nitrogen and oxygen atoms in total. The largest absolute Gasteiger partial charge is 0.351 e. The molecule has 0 saturated heterocycles. The molecular weight excluding hydrogens is 352 g/mol. The average molecular weight is 374 g/mol. The maximum atomic E-state index is 13.1. The van der Waals surface area contributed by atoms with Crippen LogP contribution in [0.1, 0.15) is 45.1 Å². The fraction of sp³-hybridized carbons (Fsp3) is 0.444. The Morgan fingerprint density at radius 3 is 2.65 bits per heavy atom. The lowest BCUT2D eigenvalue weighted by Gasteiger charge is -2.26. The van der Waals surface area contributed by atoms with Crippen molar-refractivity contribution < 1.29 is 9.59 Å². The molecule has 1 heterocycles. The average Bonchev–Trinajstić information content (AvgIpc) is 2.62. The second-order valence-corrected chi connectivity index (χ2v) is 7.80. The third-order valence-electron chi connectivity index (χ3n) is 4.61. The molecule has 1 atom stereocenters. The summed E-state index contributed by atoms with van der Waals surface area (Å²) in [5, 5.41) is 2.56. The Morgan fingerprint density at radius 2 is 1.96 bits per heavy atom. The molecule has 1 fully saturated rings. The summed E-state index contributed by atoms with van der Waals surface area (Å²) in [5.74, 6) is -0.500. The predicted octanol–water partition coefficient (Wildman–Crippen LogP) is 2.58. The van der Waals surface area contributed by atoms with Crippen molar-refractivity contribution in [2.24, 2.45) is 5.73 Å². The van der Waals surface area contributed by atoms with Gasteiger partial charge in [-0.3, -0.25) is 19.5 Å². The summed E-state index contributed by atoms with van der Waals surface area (Å²) in [4.78, 5) is 40.7. The SMILES string of the molecule is C[C@@H](Sc1nc2ccccc2c(=O)n1C1CCCCC1)C(=O)NC(N)=O. The molecule has 1 aromatic carbocycles. The Morgan fingerprint density at radius 1 is 1.27 bits per heavy atom. The minimum Gasteiger partial charge on any atom is -0.351 e. The molecule has 1 aromatic heterocycles. The van der Waals surface area contributed by atoms with Crippen LogP contribution in [0.2, 0.25) is 0 Å². The lowest BCUT2D eigenvalue weighted by molar-refractivity contribution is -0.119. The van der Waals surface area contributed by atoms with Crippen LogP contribution in [0.25, 0.3) is 10.9 Å². The molecule has 3 amide bonds. The van der Waals surface area contributed by atoms with E-state index in [0.29, 0.717) is 16.1 Å². The number of primary amides is 1. The van der Waals surface area contributed by atoms with Crippen molar-refractivity contribution in [3.05, 3.63) is 34.6 Å². The van der Waals surface area contributed by atoms with Gasteiger partial charge in [-0.1, -0.05) is 43.2 Å². The molecule has 0 unspecified atom stereocenters. The van der Waals surface area contributed by atoms with Crippen LogP contribution in [0, 0.1) is 0 Å². The Labute approximate surface area is 155 Å². The first-order chi connectivity index (χ1) is 12.5. The monoisotopic (exact) mass is 374 g/mol. The molecule has 138 valence electrons. The van der Waals surface area contributed by atoms with E-state index < -0.39 is 17.2 Å². The highest BCUT2D eigenvalue weighted by atomic mass is 32.2. The van der Waals surface area contributed by atoms with Crippen molar-refractivity contribution in [1.82, 2.24) is 14.9 Å². The fourth-order valence-electron chi connectivity index (χ4n) is 3.30. The zero-order valence-electron chi connectivity index (χ0n) is 14.6. The number of amides is 3. The molecule has 3 rings (SSSR count). The van der Waals surface area contributed by atoms with Gasteiger partial charge in [-0.25, -0.2) is 9.78 Å². The van der Waals surface area contributed by atoms with Crippen LogP contribution < -0.4 is 16.6 Å². The van der Waals surface area contributed by atoms with Gasteiger partial charge < -0.3 is 5.73 Å². The number of hydrogen-bond donors (Lipinski definition) is 2. The van der Waals surface area contributed by atoms with E-state index in [1.165, 1.54) is 18.2 Å². The highest BCUT2D eigenvalue weighted by Gasteiger charge is 2.25. The molecule has 8 heteroatoms. The smallest absolute Gasteiger partial charge is 0.318 e. The number of nitrogens with zero attached hydrogens (tertiary/aromatic N) is 2. The first-order valence-corrected chi connectivity index (χ1v) is 9.63. The zero-order chi connectivity index (χ0) is 18.7. The number of carbonyl (C=O) groups is 2. The Bertz CT molecular complexity index is 890. The number of fused-ring (bicyclic) bond motifs is 1. The van der Waals surface area contributed by atoms with Crippen LogP contribution in [0.4, 0.5) is 4.79 Å². The molecule has 0 radical (unpaired) electrons. The lowest BCUT2D eigenvalue weighted by atomic mass is 9.95. The molecule has 1 aliphatic rings. The summed E-state index contributed by atoms with van der Waals surface area (Å²) in [6, 6.07) is 6.42. The Kier molecular flexibility index (Phi) is 5.61. The van der Waals surface area contributed by atoms with E-state index in [1.807, 2.05) is 12.1 Å². The van der Waals surface area contributed by atoms with E-state index in [-0.39, 0.29) is 11.6 Å². The van der Waals surface area contributed by atoms with Crippen LogP contribution in [0.3, 0.4) is 0 Å². The van der Waals surface area contributed by atoms with Gasteiger partial charge in [0, 0.05) is 6.04 Å². The van der Waals surface area contributed by atoms with E-state index in [2.05, 4.69) is 10.3 Å². The molecule has 26 heavy (non-hydrogen) atoms. The molecule has 2 aromatic rings. The second-order valence-electron chi connectivity index (χ2n) is 6.49. The van der Waals surface area contributed by atoms with Gasteiger partial charge in [0.2, 0.25) is 5.91 Å². The van der Waals surface area contributed by atoms with E-state index in [0.717, 1.165) is 25.7 Å². The van der Waals surface area contributed by atoms with Gasteiger partial charge in [0.15, 0.2) is 5.16 Å². The molecular formula is C18H22N4O3S. The highest BCUT2D eigenvalue weighted by molar-refractivity contribution is 8.00. The summed E-state index contributed by atoms with van der Waals surface area (Å²) < 4.78 is 1.74. The van der Waals surface area contributed by atoms with Gasteiger partial charge in [-0.2, -0.15) is 0 Å². The van der Waals surface area contributed by atoms with Crippen molar-refractivity contribution in [2.75, 3.05) is 0 Å². The van der Waals surface area contributed by atoms with Crippen LogP contribution >= 0.6 is 11.8 Å². The number of hydrogen-bond acceptors (Lipinski definition) is 5. The molecule has 1 saturated carbocycles. The van der Waals surface area contributed by atoms with Crippen molar-refractivity contribution >= 4 is 34.6 Å². The van der Waals surface area contributed by atoms with Gasteiger partial charge in [-0.15, -0.1) is 0 Å². The normalized spacial score (nSPS) is 16.3. The minimum absolute atomic E-state index is 0.0764. The number of thioether (sulfide) groups is 1. The number of aromatic nitrogens is 2. The van der Waals surface area contributed by atoms with Gasteiger partial charge in [-0.05, 0) is 31.9 Å². The number of rotatable bonds is 4. The Hall–Kier alpha value is -2.35.